The first-order chi connectivity index (χ1) is 12.8. The normalized spacial score (nSPS) is 23.0. The summed E-state index contributed by atoms with van der Waals surface area (Å²) >= 11 is 0. The smallest absolute Gasteiger partial charge is 0.326 e. The summed E-state index contributed by atoms with van der Waals surface area (Å²) in [7, 11) is 0. The van der Waals surface area contributed by atoms with Gasteiger partial charge in [0.2, 0.25) is 0 Å². The van der Waals surface area contributed by atoms with E-state index in [0.29, 0.717) is 11.4 Å². The molecule has 1 aromatic heterocycles. The maximum Gasteiger partial charge on any atom is 0.326 e. The maximum absolute atomic E-state index is 13.5. The molecule has 1 aromatic rings. The van der Waals surface area contributed by atoms with Crippen molar-refractivity contribution in [1.29, 1.82) is 0 Å². The summed E-state index contributed by atoms with van der Waals surface area (Å²) in [5, 5.41) is 3.12. The van der Waals surface area contributed by atoms with Crippen LogP contribution in [0.25, 0.3) is 0 Å². The summed E-state index contributed by atoms with van der Waals surface area (Å²) in [4.78, 5) is 44.1. The largest absolute Gasteiger partial charge is 0.465 e. The standard InChI is InChI=1S/C20H24N2O5/c1-5-26-17(24)19(18(25)27-6-2)10-12(3)13(4)11-20(19)15(23)14-8-7-9-21-16(14)22-20/h7-9H,5-6,10-11H2,1-4H3,(H,21,22). The van der Waals surface area contributed by atoms with Gasteiger partial charge >= 0.3 is 11.9 Å². The Morgan fingerprint density at radius 2 is 1.70 bits per heavy atom. The molecule has 144 valence electrons. The van der Waals surface area contributed by atoms with Crippen LogP contribution in [0.4, 0.5) is 5.82 Å². The summed E-state index contributed by atoms with van der Waals surface area (Å²) in [6.45, 7) is 7.29. The highest BCUT2D eigenvalue weighted by Gasteiger charge is 2.71. The third-order valence-corrected chi connectivity index (χ3v) is 5.54. The van der Waals surface area contributed by atoms with E-state index in [9.17, 15) is 14.4 Å². The van der Waals surface area contributed by atoms with Gasteiger partial charge in [0, 0.05) is 12.6 Å². The molecule has 2 heterocycles. The number of nitrogens with zero attached hydrogens (tertiary/aromatic N) is 1. The van der Waals surface area contributed by atoms with Gasteiger partial charge in [0.25, 0.3) is 0 Å². The predicted molar refractivity (Wildman–Crippen MR) is 98.2 cm³/mol. The van der Waals surface area contributed by atoms with E-state index in [1.807, 2.05) is 13.8 Å². The van der Waals surface area contributed by atoms with Crippen molar-refractivity contribution in [1.82, 2.24) is 4.98 Å². The number of pyridine rings is 1. The zero-order chi connectivity index (χ0) is 19.8. The highest BCUT2D eigenvalue weighted by atomic mass is 16.6. The Morgan fingerprint density at radius 1 is 1.11 bits per heavy atom. The molecule has 1 atom stereocenters. The van der Waals surface area contributed by atoms with Crippen LogP contribution in [0, 0.1) is 5.41 Å². The molecule has 7 heteroatoms. The molecule has 0 saturated carbocycles. The van der Waals surface area contributed by atoms with Crippen LogP contribution in [0.15, 0.2) is 29.5 Å². The molecule has 2 aliphatic rings. The van der Waals surface area contributed by atoms with Gasteiger partial charge in [0.05, 0.1) is 18.8 Å². The van der Waals surface area contributed by atoms with E-state index in [1.165, 1.54) is 0 Å². The second kappa shape index (κ2) is 6.79. The van der Waals surface area contributed by atoms with Gasteiger partial charge in [-0.2, -0.15) is 0 Å². The van der Waals surface area contributed by atoms with Crippen molar-refractivity contribution in [3.63, 3.8) is 0 Å². The molecular formula is C20H24N2O5. The van der Waals surface area contributed by atoms with Crippen molar-refractivity contribution in [3.05, 3.63) is 35.0 Å². The van der Waals surface area contributed by atoms with E-state index in [2.05, 4.69) is 10.3 Å². The molecule has 3 rings (SSSR count). The van der Waals surface area contributed by atoms with Crippen LogP contribution in [-0.4, -0.2) is 41.5 Å². The minimum Gasteiger partial charge on any atom is -0.465 e. The minimum absolute atomic E-state index is 0.0588. The number of nitrogens with one attached hydrogen (secondary N) is 1. The molecule has 7 nitrogen and oxygen atoms in total. The summed E-state index contributed by atoms with van der Waals surface area (Å²) < 4.78 is 10.6. The molecular weight excluding hydrogens is 348 g/mol. The van der Waals surface area contributed by atoms with Gasteiger partial charge in [-0.1, -0.05) is 11.1 Å². The Morgan fingerprint density at radius 3 is 2.26 bits per heavy atom. The Bertz CT molecular complexity index is 827. The van der Waals surface area contributed by atoms with Gasteiger partial charge < -0.3 is 14.8 Å². The quantitative estimate of drug-likeness (QED) is 0.493. The van der Waals surface area contributed by atoms with E-state index >= 15 is 0 Å². The van der Waals surface area contributed by atoms with Gasteiger partial charge in [-0.3, -0.25) is 14.4 Å². The monoisotopic (exact) mass is 372 g/mol. The number of rotatable bonds is 4. The molecule has 0 bridgehead atoms. The Hall–Kier alpha value is -2.70. The number of anilines is 1. The van der Waals surface area contributed by atoms with Crippen molar-refractivity contribution in [2.75, 3.05) is 18.5 Å². The Labute approximate surface area is 158 Å². The first kappa shape index (κ1) is 19.1. The third-order valence-electron chi connectivity index (χ3n) is 5.54. The van der Waals surface area contributed by atoms with Crippen LogP contribution in [0.5, 0.6) is 0 Å². The lowest BCUT2D eigenvalue weighted by Gasteiger charge is -2.47. The fourth-order valence-electron chi connectivity index (χ4n) is 4.09. The molecule has 1 aliphatic heterocycles. The maximum atomic E-state index is 13.5. The number of fused-ring (bicyclic) bond motifs is 1. The molecule has 0 amide bonds. The number of ether oxygens (including phenoxy) is 2. The van der Waals surface area contributed by atoms with Crippen molar-refractivity contribution < 1.29 is 23.9 Å². The zero-order valence-corrected chi connectivity index (χ0v) is 16.0. The lowest BCUT2D eigenvalue weighted by atomic mass is 9.58. The van der Waals surface area contributed by atoms with Gasteiger partial charge in [-0.05, 0) is 46.2 Å². The summed E-state index contributed by atoms with van der Waals surface area (Å²) in [5.41, 5.74) is -1.12. The van der Waals surface area contributed by atoms with E-state index in [0.717, 1.165) is 11.1 Å². The van der Waals surface area contributed by atoms with Crippen molar-refractivity contribution >= 4 is 23.5 Å². The van der Waals surface area contributed by atoms with E-state index in [4.69, 9.17) is 9.47 Å². The molecule has 27 heavy (non-hydrogen) atoms. The fraction of sp³-hybridized carbons (Fsp3) is 0.500. The summed E-state index contributed by atoms with van der Waals surface area (Å²) in [6.07, 6.45) is 1.82. The number of aromatic nitrogens is 1. The molecule has 0 saturated heterocycles. The van der Waals surface area contributed by atoms with Crippen LogP contribution >= 0.6 is 0 Å². The van der Waals surface area contributed by atoms with E-state index in [-0.39, 0.29) is 31.8 Å². The molecule has 1 spiro atoms. The molecule has 1 N–H and O–H groups in total. The summed E-state index contributed by atoms with van der Waals surface area (Å²) in [5.74, 6) is -1.46. The van der Waals surface area contributed by atoms with E-state index in [1.54, 1.807) is 32.2 Å². The molecule has 1 aliphatic carbocycles. The number of allylic oxidation sites excluding steroid dienone is 1. The van der Waals surface area contributed by atoms with Gasteiger partial charge in [0.15, 0.2) is 11.2 Å². The molecule has 0 radical (unpaired) electrons. The average Bonchev–Trinajstić information content (AvgIpc) is 2.91. The highest BCUT2D eigenvalue weighted by molar-refractivity contribution is 6.20. The van der Waals surface area contributed by atoms with Crippen molar-refractivity contribution in [3.8, 4) is 0 Å². The van der Waals surface area contributed by atoms with Gasteiger partial charge in [-0.25, -0.2) is 4.98 Å². The number of esters is 2. The SMILES string of the molecule is CCOC(=O)C1(C(=O)OCC)CC(C)=C(C)CC12Nc1ncccc1C2=O. The van der Waals surface area contributed by atoms with Gasteiger partial charge in [0.1, 0.15) is 11.4 Å². The van der Waals surface area contributed by atoms with Crippen LogP contribution < -0.4 is 5.32 Å². The molecule has 0 fully saturated rings. The number of hydrogen-bond acceptors (Lipinski definition) is 7. The number of Topliss-reactive ketones (excluding diaryl/α,β-unsaturated/α-hetero) is 1. The average molecular weight is 372 g/mol. The predicted octanol–water partition coefficient (Wildman–Crippen LogP) is 2.67. The molecule has 0 aromatic carbocycles. The Kier molecular flexibility index (Phi) is 4.80. The van der Waals surface area contributed by atoms with Crippen LogP contribution in [0.3, 0.4) is 0 Å². The van der Waals surface area contributed by atoms with E-state index < -0.39 is 22.9 Å². The molecule has 1 unspecified atom stereocenters. The van der Waals surface area contributed by atoms with Crippen molar-refractivity contribution in [2.24, 2.45) is 5.41 Å². The number of carbonyl (C=O) groups is 3. The lowest BCUT2D eigenvalue weighted by Crippen LogP contribution is -2.66. The topological polar surface area (TPSA) is 94.6 Å². The zero-order valence-electron chi connectivity index (χ0n) is 16.0. The fourth-order valence-corrected chi connectivity index (χ4v) is 4.09. The second-order valence-electron chi connectivity index (χ2n) is 7.02. The first-order valence-corrected chi connectivity index (χ1v) is 9.11. The van der Waals surface area contributed by atoms with Crippen LogP contribution in [0.1, 0.15) is 50.9 Å². The summed E-state index contributed by atoms with van der Waals surface area (Å²) in [6, 6.07) is 3.30. The third kappa shape index (κ3) is 2.56. The number of hydrogen-bond donors (Lipinski definition) is 1. The Balaban J connectivity index is 2.27. The first-order valence-electron chi connectivity index (χ1n) is 9.11. The van der Waals surface area contributed by atoms with Crippen molar-refractivity contribution in [2.45, 2.75) is 46.1 Å². The number of ketones is 1. The van der Waals surface area contributed by atoms with Gasteiger partial charge in [-0.15, -0.1) is 0 Å². The van der Waals surface area contributed by atoms with Crippen LogP contribution in [0.2, 0.25) is 0 Å². The van der Waals surface area contributed by atoms with Crippen LogP contribution in [-0.2, 0) is 19.1 Å². The minimum atomic E-state index is -1.81. The second-order valence-corrected chi connectivity index (χ2v) is 7.02. The number of carbonyl (C=O) groups excluding carboxylic acids is 3. The lowest BCUT2D eigenvalue weighted by molar-refractivity contribution is -0.176. The highest BCUT2D eigenvalue weighted by Crippen LogP contribution is 2.54.